The van der Waals surface area contributed by atoms with E-state index in [0.717, 1.165) is 23.1 Å². The maximum absolute atomic E-state index is 13.1. The van der Waals surface area contributed by atoms with Gasteiger partial charge in [-0.3, -0.25) is 9.59 Å². The van der Waals surface area contributed by atoms with E-state index in [1.165, 1.54) is 4.90 Å². The van der Waals surface area contributed by atoms with Gasteiger partial charge in [0.05, 0.1) is 0 Å². The number of ether oxygens (including phenoxy) is 1. The third-order valence-electron chi connectivity index (χ3n) is 5.09. The molecule has 2 aromatic carbocycles. The van der Waals surface area contributed by atoms with Gasteiger partial charge in [-0.25, -0.2) is 0 Å². The van der Waals surface area contributed by atoms with Gasteiger partial charge in [0.2, 0.25) is 5.91 Å². The molecule has 6 heteroatoms. The fraction of sp³-hybridized carbons (Fsp3) is 0.417. The second-order valence-electron chi connectivity index (χ2n) is 7.70. The molecule has 2 atom stereocenters. The van der Waals surface area contributed by atoms with Crippen molar-refractivity contribution < 1.29 is 14.3 Å². The minimum absolute atomic E-state index is 0.0366. The lowest BCUT2D eigenvalue weighted by Crippen LogP contribution is -2.50. The number of carbonyl (C=O) groups is 2. The van der Waals surface area contributed by atoms with Crippen molar-refractivity contribution in [3.63, 3.8) is 0 Å². The van der Waals surface area contributed by atoms with E-state index >= 15 is 0 Å². The van der Waals surface area contributed by atoms with Crippen LogP contribution in [0.4, 0.5) is 0 Å². The van der Waals surface area contributed by atoms with E-state index in [1.807, 2.05) is 58.0 Å². The summed E-state index contributed by atoms with van der Waals surface area (Å²) < 4.78 is 5.78. The van der Waals surface area contributed by atoms with Crippen LogP contribution in [0, 0.1) is 13.8 Å². The predicted molar refractivity (Wildman–Crippen MR) is 121 cm³/mol. The summed E-state index contributed by atoms with van der Waals surface area (Å²) in [7, 11) is 0. The number of rotatable bonds is 9. The quantitative estimate of drug-likeness (QED) is 0.629. The van der Waals surface area contributed by atoms with Crippen molar-refractivity contribution in [2.24, 2.45) is 0 Å². The van der Waals surface area contributed by atoms with E-state index in [4.69, 9.17) is 16.3 Å². The van der Waals surface area contributed by atoms with Crippen LogP contribution in [0.1, 0.15) is 43.9 Å². The van der Waals surface area contributed by atoms with Crippen molar-refractivity contribution in [1.29, 1.82) is 0 Å². The maximum atomic E-state index is 13.1. The first-order valence-electron chi connectivity index (χ1n) is 10.3. The van der Waals surface area contributed by atoms with Crippen molar-refractivity contribution in [3.8, 4) is 5.75 Å². The Labute approximate surface area is 184 Å². The molecule has 1 N–H and O–H groups in total. The first-order valence-corrected chi connectivity index (χ1v) is 10.6. The van der Waals surface area contributed by atoms with E-state index in [9.17, 15) is 9.59 Å². The van der Waals surface area contributed by atoms with Crippen LogP contribution in [0.15, 0.2) is 42.5 Å². The molecule has 0 fully saturated rings. The fourth-order valence-electron chi connectivity index (χ4n) is 3.06. The number of aryl methyl sites for hydroxylation is 2. The molecule has 162 valence electrons. The normalized spacial score (nSPS) is 12.7. The molecule has 30 heavy (non-hydrogen) atoms. The molecule has 2 aromatic rings. The van der Waals surface area contributed by atoms with Gasteiger partial charge in [-0.15, -0.1) is 0 Å². The standard InChI is InChI=1S/C24H31ClN2O3/c1-6-18(4)26-24(29)19(5)27(14-20-8-7-9-21(25)13-20)23(28)15-30-22-11-10-16(2)12-17(22)3/h7-13,18-19H,6,14-15H2,1-5H3,(H,26,29)/t18-,19+/m1/s1. The Morgan fingerprint density at radius 2 is 1.87 bits per heavy atom. The molecule has 0 bridgehead atoms. The van der Waals surface area contributed by atoms with Crippen molar-refractivity contribution in [1.82, 2.24) is 10.2 Å². The van der Waals surface area contributed by atoms with E-state index in [1.54, 1.807) is 19.1 Å². The van der Waals surface area contributed by atoms with Crippen LogP contribution in [-0.2, 0) is 16.1 Å². The van der Waals surface area contributed by atoms with Gasteiger partial charge < -0.3 is 15.0 Å². The van der Waals surface area contributed by atoms with Crippen LogP contribution >= 0.6 is 11.6 Å². The molecule has 0 heterocycles. The first kappa shape index (κ1) is 23.7. The monoisotopic (exact) mass is 430 g/mol. The summed E-state index contributed by atoms with van der Waals surface area (Å²) in [6.45, 7) is 9.75. The molecule has 0 aliphatic heterocycles. The lowest BCUT2D eigenvalue weighted by Gasteiger charge is -2.29. The highest BCUT2D eigenvalue weighted by Gasteiger charge is 2.27. The number of benzene rings is 2. The van der Waals surface area contributed by atoms with Gasteiger partial charge in [0.1, 0.15) is 11.8 Å². The third kappa shape index (κ3) is 6.77. The molecule has 0 aliphatic rings. The van der Waals surface area contributed by atoms with Crippen molar-refractivity contribution in [2.75, 3.05) is 6.61 Å². The zero-order valence-electron chi connectivity index (χ0n) is 18.4. The van der Waals surface area contributed by atoms with E-state index < -0.39 is 6.04 Å². The topological polar surface area (TPSA) is 58.6 Å². The largest absolute Gasteiger partial charge is 0.483 e. The highest BCUT2D eigenvalue weighted by atomic mass is 35.5. The minimum atomic E-state index is -0.645. The van der Waals surface area contributed by atoms with Crippen LogP contribution in [0.25, 0.3) is 0 Å². The SMILES string of the molecule is CC[C@@H](C)NC(=O)[C@H](C)N(Cc1cccc(Cl)c1)C(=O)COc1ccc(C)cc1C. The number of amides is 2. The molecule has 2 rings (SSSR count). The Morgan fingerprint density at radius 1 is 1.13 bits per heavy atom. The van der Waals surface area contributed by atoms with Crippen LogP contribution in [0.3, 0.4) is 0 Å². The molecule has 0 saturated heterocycles. The summed E-state index contributed by atoms with van der Waals surface area (Å²) in [5, 5.41) is 3.54. The third-order valence-corrected chi connectivity index (χ3v) is 5.33. The average molecular weight is 431 g/mol. The minimum Gasteiger partial charge on any atom is -0.483 e. The number of hydrogen-bond donors (Lipinski definition) is 1. The molecule has 0 aromatic heterocycles. The molecular weight excluding hydrogens is 400 g/mol. The average Bonchev–Trinajstić information content (AvgIpc) is 2.70. The van der Waals surface area contributed by atoms with Crippen LogP contribution in [-0.4, -0.2) is 35.4 Å². The van der Waals surface area contributed by atoms with Crippen LogP contribution < -0.4 is 10.1 Å². The smallest absolute Gasteiger partial charge is 0.261 e. The Bertz CT molecular complexity index is 885. The number of carbonyl (C=O) groups excluding carboxylic acids is 2. The lowest BCUT2D eigenvalue weighted by atomic mass is 10.1. The Hall–Kier alpha value is -2.53. The molecule has 0 unspecified atom stereocenters. The van der Waals surface area contributed by atoms with E-state index in [2.05, 4.69) is 5.32 Å². The molecule has 2 amide bonds. The number of halogens is 1. The Morgan fingerprint density at radius 3 is 2.50 bits per heavy atom. The number of hydrogen-bond acceptors (Lipinski definition) is 3. The van der Waals surface area contributed by atoms with Crippen LogP contribution in [0.2, 0.25) is 5.02 Å². The highest BCUT2D eigenvalue weighted by Crippen LogP contribution is 2.20. The zero-order valence-corrected chi connectivity index (χ0v) is 19.1. The summed E-state index contributed by atoms with van der Waals surface area (Å²) in [4.78, 5) is 27.3. The highest BCUT2D eigenvalue weighted by molar-refractivity contribution is 6.30. The van der Waals surface area contributed by atoms with Crippen molar-refractivity contribution in [2.45, 2.75) is 59.7 Å². The maximum Gasteiger partial charge on any atom is 0.261 e. The second kappa shape index (κ2) is 11.0. The fourth-order valence-corrected chi connectivity index (χ4v) is 3.28. The van der Waals surface area contributed by atoms with Crippen LogP contribution in [0.5, 0.6) is 5.75 Å². The molecule has 0 aliphatic carbocycles. The van der Waals surface area contributed by atoms with Gasteiger partial charge >= 0.3 is 0 Å². The van der Waals surface area contributed by atoms with Gasteiger partial charge in [0.25, 0.3) is 5.91 Å². The Kier molecular flexibility index (Phi) is 8.72. The lowest BCUT2D eigenvalue weighted by molar-refractivity contribution is -0.142. The zero-order chi connectivity index (χ0) is 22.3. The predicted octanol–water partition coefficient (Wildman–Crippen LogP) is 4.67. The molecule has 0 spiro atoms. The van der Waals surface area contributed by atoms with Crippen molar-refractivity contribution >= 4 is 23.4 Å². The first-order chi connectivity index (χ1) is 14.2. The molecule has 5 nitrogen and oxygen atoms in total. The summed E-state index contributed by atoms with van der Waals surface area (Å²) >= 11 is 6.10. The summed E-state index contributed by atoms with van der Waals surface area (Å²) in [5.74, 6) is 0.210. The number of nitrogens with zero attached hydrogens (tertiary/aromatic N) is 1. The van der Waals surface area contributed by atoms with Gasteiger partial charge in [0.15, 0.2) is 6.61 Å². The summed E-state index contributed by atoms with van der Waals surface area (Å²) in [5.41, 5.74) is 2.95. The van der Waals surface area contributed by atoms with E-state index in [0.29, 0.717) is 10.8 Å². The molecule has 0 radical (unpaired) electrons. The second-order valence-corrected chi connectivity index (χ2v) is 8.14. The van der Waals surface area contributed by atoms with E-state index in [-0.39, 0.29) is 31.0 Å². The van der Waals surface area contributed by atoms with Gasteiger partial charge in [0, 0.05) is 17.6 Å². The Balaban J connectivity index is 2.18. The molecular formula is C24H31ClN2O3. The summed E-state index contributed by atoms with van der Waals surface area (Å²) in [6, 6.07) is 12.5. The molecule has 0 saturated carbocycles. The van der Waals surface area contributed by atoms with Gasteiger partial charge in [-0.2, -0.15) is 0 Å². The van der Waals surface area contributed by atoms with Crippen molar-refractivity contribution in [3.05, 3.63) is 64.2 Å². The summed E-state index contributed by atoms with van der Waals surface area (Å²) in [6.07, 6.45) is 0.816. The number of nitrogens with one attached hydrogen (secondary N) is 1. The van der Waals surface area contributed by atoms with Gasteiger partial charge in [-0.1, -0.05) is 48.4 Å². The van der Waals surface area contributed by atoms with Gasteiger partial charge in [-0.05, 0) is 63.4 Å².